The molecule has 19 heavy (non-hydrogen) atoms. The zero-order valence-corrected chi connectivity index (χ0v) is 12.4. The first-order valence-electron chi connectivity index (χ1n) is 6.14. The van der Waals surface area contributed by atoms with E-state index < -0.39 is 0 Å². The van der Waals surface area contributed by atoms with E-state index in [1.807, 2.05) is 12.1 Å². The summed E-state index contributed by atoms with van der Waals surface area (Å²) in [4.78, 5) is 16.1. The third-order valence-electron chi connectivity index (χ3n) is 2.50. The van der Waals surface area contributed by atoms with Crippen LogP contribution in [0.4, 0.5) is 5.13 Å². The molecule has 0 unspecified atom stereocenters. The Hall–Kier alpha value is -1.17. The molecular weight excluding hydrogens is 282 g/mol. The van der Waals surface area contributed by atoms with Crippen LogP contribution in [0.3, 0.4) is 0 Å². The molecule has 1 amide bonds. The number of anilines is 1. The van der Waals surface area contributed by atoms with Gasteiger partial charge in [-0.1, -0.05) is 36.8 Å². The van der Waals surface area contributed by atoms with Gasteiger partial charge in [-0.3, -0.25) is 4.79 Å². The third-order valence-corrected chi connectivity index (χ3v) is 3.67. The highest BCUT2D eigenvalue weighted by Gasteiger charge is 2.08. The first-order chi connectivity index (χ1) is 9.04. The lowest BCUT2D eigenvalue weighted by Gasteiger charge is -2.06. The predicted octanol–water partition coefficient (Wildman–Crippen LogP) is 3.28. The highest BCUT2D eigenvalue weighted by molar-refractivity contribution is 7.22. The number of benzene rings is 1. The van der Waals surface area contributed by atoms with Gasteiger partial charge in [0.15, 0.2) is 5.13 Å². The van der Waals surface area contributed by atoms with Crippen molar-refractivity contribution in [3.8, 4) is 0 Å². The number of halogens is 1. The van der Waals surface area contributed by atoms with Gasteiger partial charge in [0.1, 0.15) is 0 Å². The van der Waals surface area contributed by atoms with E-state index in [0.29, 0.717) is 29.2 Å². The number of amides is 1. The van der Waals surface area contributed by atoms with Crippen LogP contribution < -0.4 is 10.6 Å². The van der Waals surface area contributed by atoms with E-state index in [1.54, 1.807) is 6.07 Å². The fourth-order valence-electron chi connectivity index (χ4n) is 1.61. The lowest BCUT2D eigenvalue weighted by Crippen LogP contribution is -2.27. The Bertz CT molecular complexity index is 582. The number of aromatic nitrogens is 1. The summed E-state index contributed by atoms with van der Waals surface area (Å²) in [5.41, 5.74) is 0.852. The van der Waals surface area contributed by atoms with Crippen molar-refractivity contribution in [2.24, 2.45) is 0 Å². The van der Waals surface area contributed by atoms with Gasteiger partial charge in [0.25, 0.3) is 0 Å². The lowest BCUT2D eigenvalue weighted by molar-refractivity contribution is -0.116. The minimum absolute atomic E-state index is 0.0293. The van der Waals surface area contributed by atoms with Crippen LogP contribution in [-0.4, -0.2) is 23.5 Å². The summed E-state index contributed by atoms with van der Waals surface area (Å²) in [5.74, 6) is -0.0293. The number of nitrogens with zero attached hydrogens (tertiary/aromatic N) is 1. The molecule has 0 aliphatic carbocycles. The van der Waals surface area contributed by atoms with Crippen LogP contribution >= 0.6 is 22.9 Å². The smallest absolute Gasteiger partial charge is 0.227 e. The van der Waals surface area contributed by atoms with Gasteiger partial charge in [-0.05, 0) is 18.2 Å². The van der Waals surface area contributed by atoms with E-state index in [-0.39, 0.29) is 5.91 Å². The number of thiazole rings is 1. The minimum atomic E-state index is -0.0293. The largest absolute Gasteiger partial charge is 0.314 e. The van der Waals surface area contributed by atoms with E-state index >= 15 is 0 Å². The quantitative estimate of drug-likeness (QED) is 0.890. The maximum absolute atomic E-state index is 11.7. The van der Waals surface area contributed by atoms with Gasteiger partial charge >= 0.3 is 0 Å². The molecule has 0 spiro atoms. The monoisotopic (exact) mass is 297 g/mol. The van der Waals surface area contributed by atoms with Gasteiger partial charge in [0.05, 0.1) is 10.2 Å². The summed E-state index contributed by atoms with van der Waals surface area (Å²) in [5, 5.41) is 7.30. The average Bonchev–Trinajstić information content (AvgIpc) is 2.69. The van der Waals surface area contributed by atoms with Crippen LogP contribution in [0, 0.1) is 0 Å². The molecule has 1 aromatic heterocycles. The van der Waals surface area contributed by atoms with Gasteiger partial charge in [-0.2, -0.15) is 0 Å². The summed E-state index contributed by atoms with van der Waals surface area (Å²) in [6, 6.07) is 5.88. The standard InChI is InChI=1S/C13H16ClN3OS/c1-8(2)15-6-5-12(18)17-13-16-10-4-3-9(14)7-11(10)19-13/h3-4,7-8,15H,5-6H2,1-2H3,(H,16,17,18). The number of hydrogen-bond donors (Lipinski definition) is 2. The molecular formula is C13H16ClN3OS. The van der Waals surface area contributed by atoms with Gasteiger partial charge < -0.3 is 10.6 Å². The molecule has 0 aliphatic heterocycles. The van der Waals surface area contributed by atoms with Crippen molar-refractivity contribution < 1.29 is 4.79 Å². The first kappa shape index (κ1) is 14.2. The second-order valence-electron chi connectivity index (χ2n) is 4.54. The maximum atomic E-state index is 11.7. The molecule has 1 heterocycles. The number of carbonyl (C=O) groups excluding carboxylic acids is 1. The second-order valence-corrected chi connectivity index (χ2v) is 6.01. The van der Waals surface area contributed by atoms with Crippen molar-refractivity contribution in [1.29, 1.82) is 0 Å². The number of carbonyl (C=O) groups is 1. The molecule has 102 valence electrons. The Morgan fingerprint density at radius 1 is 1.47 bits per heavy atom. The summed E-state index contributed by atoms with van der Waals surface area (Å²) >= 11 is 7.35. The maximum Gasteiger partial charge on any atom is 0.227 e. The van der Waals surface area contributed by atoms with Crippen LogP contribution in [0.2, 0.25) is 5.02 Å². The normalized spacial score (nSPS) is 11.2. The molecule has 1 aromatic carbocycles. The molecule has 2 aromatic rings. The summed E-state index contributed by atoms with van der Waals surface area (Å²) in [6.07, 6.45) is 0.439. The summed E-state index contributed by atoms with van der Waals surface area (Å²) in [6.45, 7) is 4.77. The lowest BCUT2D eigenvalue weighted by atomic mass is 10.3. The minimum Gasteiger partial charge on any atom is -0.314 e. The average molecular weight is 298 g/mol. The Labute approximate surface area is 121 Å². The Morgan fingerprint density at radius 3 is 3.00 bits per heavy atom. The Kier molecular flexibility index (Phi) is 4.74. The van der Waals surface area contributed by atoms with Crippen LogP contribution in [0.5, 0.6) is 0 Å². The molecule has 0 saturated carbocycles. The van der Waals surface area contributed by atoms with Crippen molar-refractivity contribution in [3.63, 3.8) is 0 Å². The Balaban J connectivity index is 1.95. The number of nitrogens with one attached hydrogen (secondary N) is 2. The van der Waals surface area contributed by atoms with E-state index in [9.17, 15) is 4.79 Å². The molecule has 0 bridgehead atoms. The molecule has 4 nitrogen and oxygen atoms in total. The van der Waals surface area contributed by atoms with Crippen LogP contribution in [0.25, 0.3) is 10.2 Å². The number of hydrogen-bond acceptors (Lipinski definition) is 4. The van der Waals surface area contributed by atoms with Gasteiger partial charge in [0, 0.05) is 24.0 Å². The van der Waals surface area contributed by atoms with Crippen LogP contribution in [0.15, 0.2) is 18.2 Å². The topological polar surface area (TPSA) is 54.0 Å². The molecule has 6 heteroatoms. The molecule has 0 saturated heterocycles. The third kappa shape index (κ3) is 4.16. The summed E-state index contributed by atoms with van der Waals surface area (Å²) < 4.78 is 0.975. The van der Waals surface area contributed by atoms with Crippen molar-refractivity contribution >= 4 is 44.2 Å². The van der Waals surface area contributed by atoms with Gasteiger partial charge in [-0.25, -0.2) is 4.98 Å². The summed E-state index contributed by atoms with van der Waals surface area (Å²) in [7, 11) is 0. The number of rotatable bonds is 5. The molecule has 2 rings (SSSR count). The second kappa shape index (κ2) is 6.32. The molecule has 0 atom stereocenters. The zero-order valence-electron chi connectivity index (χ0n) is 10.9. The Morgan fingerprint density at radius 2 is 2.26 bits per heavy atom. The highest BCUT2D eigenvalue weighted by atomic mass is 35.5. The van der Waals surface area contributed by atoms with E-state index in [0.717, 1.165) is 10.2 Å². The first-order valence-corrected chi connectivity index (χ1v) is 7.33. The number of fused-ring (bicyclic) bond motifs is 1. The molecule has 0 aliphatic rings. The van der Waals surface area contributed by atoms with Gasteiger partial charge in [0.2, 0.25) is 5.91 Å². The van der Waals surface area contributed by atoms with Gasteiger partial charge in [-0.15, -0.1) is 0 Å². The zero-order chi connectivity index (χ0) is 13.8. The molecule has 2 N–H and O–H groups in total. The van der Waals surface area contributed by atoms with Crippen LogP contribution in [-0.2, 0) is 4.79 Å². The van der Waals surface area contributed by atoms with Crippen molar-refractivity contribution in [1.82, 2.24) is 10.3 Å². The van der Waals surface area contributed by atoms with Crippen molar-refractivity contribution in [3.05, 3.63) is 23.2 Å². The fraction of sp³-hybridized carbons (Fsp3) is 0.385. The van der Waals surface area contributed by atoms with E-state index in [2.05, 4.69) is 29.5 Å². The molecule has 0 fully saturated rings. The van der Waals surface area contributed by atoms with Crippen LogP contribution in [0.1, 0.15) is 20.3 Å². The predicted molar refractivity (Wildman–Crippen MR) is 81.0 cm³/mol. The fourth-order valence-corrected chi connectivity index (χ4v) is 2.77. The van der Waals surface area contributed by atoms with E-state index in [4.69, 9.17) is 11.6 Å². The molecule has 0 radical (unpaired) electrons. The van der Waals surface area contributed by atoms with Crippen molar-refractivity contribution in [2.45, 2.75) is 26.3 Å². The SMILES string of the molecule is CC(C)NCCC(=O)Nc1nc2ccc(Cl)cc2s1. The highest BCUT2D eigenvalue weighted by Crippen LogP contribution is 2.28. The van der Waals surface area contributed by atoms with Crippen molar-refractivity contribution in [2.75, 3.05) is 11.9 Å². The van der Waals surface area contributed by atoms with E-state index in [1.165, 1.54) is 11.3 Å².